The van der Waals surface area contributed by atoms with Gasteiger partial charge in [0.25, 0.3) is 0 Å². The molecule has 4 aromatic rings. The van der Waals surface area contributed by atoms with Crippen LogP contribution < -0.4 is 9.30 Å². The molecule has 0 fully saturated rings. The molecule has 3 heterocycles. The van der Waals surface area contributed by atoms with Crippen molar-refractivity contribution in [2.24, 2.45) is 7.05 Å². The quantitative estimate of drug-likeness (QED) is 0.399. The Balaban J connectivity index is 2.01. The number of rotatable bonds is 0. The van der Waals surface area contributed by atoms with Gasteiger partial charge in [-0.25, -0.2) is 4.57 Å². The van der Waals surface area contributed by atoms with Gasteiger partial charge in [-0.2, -0.15) is 5.26 Å². The fourth-order valence-electron chi connectivity index (χ4n) is 3.66. The molecule has 1 aliphatic rings. The van der Waals surface area contributed by atoms with Crippen LogP contribution in [0, 0.1) is 18.3 Å². The van der Waals surface area contributed by atoms with Gasteiger partial charge in [-0.05, 0) is 36.1 Å². The number of aryl methyl sites for hydroxylation is 2. The van der Waals surface area contributed by atoms with Gasteiger partial charge in [0.05, 0.1) is 28.8 Å². The fraction of sp³-hybridized carbons (Fsp3) is 0.100. The minimum absolute atomic E-state index is 0.594. The summed E-state index contributed by atoms with van der Waals surface area (Å²) in [6, 6.07) is 11.8. The molecule has 2 aromatic heterocycles. The number of ether oxygens (including phenoxy) is 1. The van der Waals surface area contributed by atoms with Crippen molar-refractivity contribution in [3.63, 3.8) is 0 Å². The highest BCUT2D eigenvalue weighted by Crippen LogP contribution is 2.48. The first-order chi connectivity index (χ1) is 11.7. The molecule has 0 spiro atoms. The molecule has 0 saturated carbocycles. The summed E-state index contributed by atoms with van der Waals surface area (Å²) in [4.78, 5) is 0. The van der Waals surface area contributed by atoms with Crippen LogP contribution >= 0.6 is 0 Å². The lowest BCUT2D eigenvalue weighted by molar-refractivity contribution is -0.659. The van der Waals surface area contributed by atoms with E-state index in [-0.39, 0.29) is 0 Å². The topological polar surface area (TPSA) is 50.0 Å². The largest absolute Gasteiger partial charge is 0.464 e. The minimum atomic E-state index is 0.594. The molecule has 5 rings (SSSR count). The average molecular weight is 313 g/mol. The second-order valence-corrected chi connectivity index (χ2v) is 6.13. The number of fused-ring (bicyclic) bond motifs is 3. The number of nitriles is 1. The van der Waals surface area contributed by atoms with Crippen LogP contribution in [0.3, 0.4) is 0 Å². The Hall–Kier alpha value is -3.32. The smallest absolute Gasteiger partial charge is 0.228 e. The molecule has 0 unspecified atom stereocenters. The van der Waals surface area contributed by atoms with Crippen molar-refractivity contribution in [1.29, 1.82) is 5.26 Å². The number of aromatic nitrogens is 1. The molecule has 1 aliphatic heterocycles. The van der Waals surface area contributed by atoms with Crippen LogP contribution in [-0.2, 0) is 7.05 Å². The number of nitrogens with zero attached hydrogens (tertiary/aromatic N) is 2. The van der Waals surface area contributed by atoms with Crippen molar-refractivity contribution in [1.82, 2.24) is 0 Å². The summed E-state index contributed by atoms with van der Waals surface area (Å²) in [7, 11) is 2.03. The van der Waals surface area contributed by atoms with E-state index in [4.69, 9.17) is 9.15 Å². The maximum atomic E-state index is 9.29. The molecule has 4 heteroatoms. The van der Waals surface area contributed by atoms with E-state index >= 15 is 0 Å². The third-order valence-electron chi connectivity index (χ3n) is 4.77. The molecule has 2 aromatic carbocycles. The summed E-state index contributed by atoms with van der Waals surface area (Å²) in [5.74, 6) is 1.48. The van der Waals surface area contributed by atoms with Crippen LogP contribution in [0.25, 0.3) is 33.0 Å². The Bertz CT molecular complexity index is 1210. The first kappa shape index (κ1) is 13.1. The van der Waals surface area contributed by atoms with Crippen molar-refractivity contribution in [2.75, 3.05) is 0 Å². The SMILES string of the molecule is Cc1c2c(cc3occc13)Oc1cc(C#N)cc3cc[n+](C)c-2c13. The van der Waals surface area contributed by atoms with Gasteiger partial charge in [0.15, 0.2) is 6.20 Å². The highest BCUT2D eigenvalue weighted by Gasteiger charge is 2.30. The molecule has 0 aliphatic carbocycles. The van der Waals surface area contributed by atoms with E-state index in [2.05, 4.69) is 17.6 Å². The van der Waals surface area contributed by atoms with Crippen LogP contribution in [0.4, 0.5) is 0 Å². The number of pyridine rings is 1. The predicted octanol–water partition coefficient (Wildman–Crippen LogP) is 4.36. The van der Waals surface area contributed by atoms with Crippen molar-refractivity contribution in [3.05, 3.63) is 53.9 Å². The zero-order valence-corrected chi connectivity index (χ0v) is 13.3. The number of furan rings is 1. The van der Waals surface area contributed by atoms with E-state index in [0.29, 0.717) is 11.3 Å². The Morgan fingerprint density at radius 3 is 2.83 bits per heavy atom. The summed E-state index contributed by atoms with van der Waals surface area (Å²) in [6.45, 7) is 2.09. The first-order valence-electron chi connectivity index (χ1n) is 7.73. The standard InChI is InChI=1S/C20H13N2O2/c1-11-14-4-6-23-15(14)9-17-18(11)20-19-13(3-5-22(20)2)7-12(10-21)8-16(19)24-17/h3-9H,1-2H3/q+1. The van der Waals surface area contributed by atoms with Crippen LogP contribution in [0.2, 0.25) is 0 Å². The van der Waals surface area contributed by atoms with E-state index in [1.54, 1.807) is 12.3 Å². The maximum absolute atomic E-state index is 9.29. The maximum Gasteiger partial charge on any atom is 0.228 e. The van der Waals surface area contributed by atoms with Crippen LogP contribution in [-0.4, -0.2) is 0 Å². The van der Waals surface area contributed by atoms with Crippen LogP contribution in [0.5, 0.6) is 11.5 Å². The van der Waals surface area contributed by atoms with Crippen LogP contribution in [0.15, 0.2) is 47.2 Å². The van der Waals surface area contributed by atoms with E-state index in [1.165, 1.54) is 0 Å². The van der Waals surface area contributed by atoms with Gasteiger partial charge in [-0.1, -0.05) is 0 Å². The second kappa shape index (κ2) is 4.36. The van der Waals surface area contributed by atoms with Crippen molar-refractivity contribution in [2.45, 2.75) is 6.92 Å². The van der Waals surface area contributed by atoms with Crippen molar-refractivity contribution < 1.29 is 13.7 Å². The molecule has 0 saturated heterocycles. The zero-order valence-electron chi connectivity index (χ0n) is 13.3. The summed E-state index contributed by atoms with van der Waals surface area (Å²) in [6.07, 6.45) is 3.72. The molecule has 0 atom stereocenters. The Morgan fingerprint density at radius 1 is 1.12 bits per heavy atom. The lowest BCUT2D eigenvalue weighted by Gasteiger charge is -2.21. The van der Waals surface area contributed by atoms with Crippen LogP contribution in [0.1, 0.15) is 11.1 Å². The highest BCUT2D eigenvalue weighted by molar-refractivity contribution is 6.04. The molecular weight excluding hydrogens is 300 g/mol. The van der Waals surface area contributed by atoms with E-state index in [9.17, 15) is 5.26 Å². The molecule has 0 radical (unpaired) electrons. The van der Waals surface area contributed by atoms with Gasteiger partial charge < -0.3 is 9.15 Å². The Morgan fingerprint density at radius 2 is 2.00 bits per heavy atom. The fourth-order valence-corrected chi connectivity index (χ4v) is 3.66. The summed E-state index contributed by atoms with van der Waals surface area (Å²) in [5.41, 5.74) is 4.72. The highest BCUT2D eigenvalue weighted by atomic mass is 16.5. The van der Waals surface area contributed by atoms with Gasteiger partial charge in [0.2, 0.25) is 5.69 Å². The molecule has 114 valence electrons. The van der Waals surface area contributed by atoms with Gasteiger partial charge in [0.1, 0.15) is 24.1 Å². The molecule has 0 bridgehead atoms. The molecule has 4 nitrogen and oxygen atoms in total. The lowest BCUT2D eigenvalue weighted by atomic mass is 9.93. The van der Waals surface area contributed by atoms with Gasteiger partial charge >= 0.3 is 0 Å². The van der Waals surface area contributed by atoms with Gasteiger partial charge in [-0.15, -0.1) is 0 Å². The average Bonchev–Trinajstić information content (AvgIpc) is 3.05. The molecule has 24 heavy (non-hydrogen) atoms. The third-order valence-corrected chi connectivity index (χ3v) is 4.77. The van der Waals surface area contributed by atoms with Gasteiger partial charge in [-0.3, -0.25) is 0 Å². The van der Waals surface area contributed by atoms with Crippen molar-refractivity contribution in [3.8, 4) is 28.8 Å². The van der Waals surface area contributed by atoms with E-state index in [0.717, 1.165) is 44.3 Å². The normalized spacial score (nSPS) is 12.0. The minimum Gasteiger partial charge on any atom is -0.464 e. The number of hydrogen-bond acceptors (Lipinski definition) is 3. The summed E-state index contributed by atoms with van der Waals surface area (Å²) < 4.78 is 13.9. The Labute approximate surface area is 138 Å². The second-order valence-electron chi connectivity index (χ2n) is 6.13. The predicted molar refractivity (Wildman–Crippen MR) is 89.9 cm³/mol. The monoisotopic (exact) mass is 313 g/mol. The molecule has 0 N–H and O–H groups in total. The summed E-state index contributed by atoms with van der Waals surface area (Å²) >= 11 is 0. The van der Waals surface area contributed by atoms with E-state index in [1.807, 2.05) is 37.5 Å². The third kappa shape index (κ3) is 1.53. The molecular formula is C20H13N2O2+. The number of benzene rings is 2. The van der Waals surface area contributed by atoms with Gasteiger partial charge in [0, 0.05) is 17.5 Å². The first-order valence-corrected chi connectivity index (χ1v) is 7.73. The Kier molecular flexibility index (Phi) is 2.39. The molecule has 0 amide bonds. The number of hydrogen-bond donors (Lipinski definition) is 0. The van der Waals surface area contributed by atoms with E-state index < -0.39 is 0 Å². The summed E-state index contributed by atoms with van der Waals surface area (Å²) in [5, 5.41) is 12.4. The zero-order chi connectivity index (χ0) is 16.4. The van der Waals surface area contributed by atoms with Crippen molar-refractivity contribution >= 4 is 21.7 Å². The lowest BCUT2D eigenvalue weighted by Crippen LogP contribution is -2.31.